The van der Waals surface area contributed by atoms with E-state index in [4.69, 9.17) is 4.74 Å². The molecule has 88 valence electrons. The lowest BCUT2D eigenvalue weighted by Crippen LogP contribution is -2.08. The Morgan fingerprint density at radius 3 is 2.50 bits per heavy atom. The lowest BCUT2D eigenvalue weighted by Gasteiger charge is -2.13. The van der Waals surface area contributed by atoms with Gasteiger partial charge in [0.2, 0.25) is 0 Å². The third kappa shape index (κ3) is 2.66. The molecule has 4 heteroatoms. The van der Waals surface area contributed by atoms with E-state index in [0.29, 0.717) is 16.9 Å². The number of aromatic hydroxyl groups is 1. The Bertz CT molecular complexity index is 396. The Kier molecular flexibility index (Phi) is 3.77. The second-order valence-corrected chi connectivity index (χ2v) is 3.77. The fourth-order valence-electron chi connectivity index (χ4n) is 1.34. The first-order valence-corrected chi connectivity index (χ1v) is 5.04. The number of hydrogen-bond acceptors (Lipinski definition) is 4. The summed E-state index contributed by atoms with van der Waals surface area (Å²) in [6.07, 6.45) is -0.0207. The van der Waals surface area contributed by atoms with Crippen LogP contribution in [0.1, 0.15) is 29.8 Å². The van der Waals surface area contributed by atoms with Crippen LogP contribution in [0.15, 0.2) is 12.1 Å². The molecule has 1 aromatic rings. The van der Waals surface area contributed by atoms with Gasteiger partial charge in [-0.3, -0.25) is 0 Å². The van der Waals surface area contributed by atoms with Gasteiger partial charge >= 0.3 is 5.97 Å². The summed E-state index contributed by atoms with van der Waals surface area (Å²) in [6.45, 7) is 5.39. The second kappa shape index (κ2) is 4.88. The van der Waals surface area contributed by atoms with Crippen molar-refractivity contribution in [1.82, 2.24) is 0 Å². The zero-order chi connectivity index (χ0) is 12.3. The van der Waals surface area contributed by atoms with Crippen molar-refractivity contribution in [3.05, 3.63) is 23.3 Å². The van der Waals surface area contributed by atoms with Gasteiger partial charge in [0.1, 0.15) is 11.5 Å². The van der Waals surface area contributed by atoms with Crippen molar-refractivity contribution < 1.29 is 19.4 Å². The molecule has 0 bridgehead atoms. The number of benzene rings is 1. The number of methoxy groups -OCH3 is 1. The van der Waals surface area contributed by atoms with Crippen molar-refractivity contribution in [2.24, 2.45) is 0 Å². The largest absolute Gasteiger partial charge is 0.508 e. The van der Waals surface area contributed by atoms with Crippen LogP contribution in [0.25, 0.3) is 0 Å². The molecule has 1 aromatic carbocycles. The molecule has 1 rings (SSSR count). The zero-order valence-electron chi connectivity index (χ0n) is 9.90. The molecule has 0 atom stereocenters. The van der Waals surface area contributed by atoms with E-state index < -0.39 is 5.97 Å². The van der Waals surface area contributed by atoms with E-state index in [0.717, 1.165) is 0 Å². The molecular weight excluding hydrogens is 208 g/mol. The van der Waals surface area contributed by atoms with E-state index in [1.54, 1.807) is 13.0 Å². The smallest absolute Gasteiger partial charge is 0.338 e. The molecule has 0 unspecified atom stereocenters. The Hall–Kier alpha value is -1.71. The van der Waals surface area contributed by atoms with Gasteiger partial charge in [-0.1, -0.05) is 0 Å². The topological polar surface area (TPSA) is 55.8 Å². The number of phenols is 1. The Morgan fingerprint density at radius 2 is 2.00 bits per heavy atom. The van der Waals surface area contributed by atoms with Crippen LogP contribution >= 0.6 is 0 Å². The predicted octanol–water partition coefficient (Wildman–Crippen LogP) is 2.27. The van der Waals surface area contributed by atoms with Crippen LogP contribution in [0.4, 0.5) is 0 Å². The summed E-state index contributed by atoms with van der Waals surface area (Å²) in [7, 11) is 1.30. The minimum Gasteiger partial charge on any atom is -0.508 e. The molecule has 0 aliphatic carbocycles. The molecule has 0 aromatic heterocycles. The summed E-state index contributed by atoms with van der Waals surface area (Å²) < 4.78 is 10.0. The molecule has 0 amide bonds. The van der Waals surface area contributed by atoms with Crippen LogP contribution in [0.3, 0.4) is 0 Å². The highest BCUT2D eigenvalue weighted by Crippen LogP contribution is 2.28. The number of rotatable bonds is 3. The van der Waals surface area contributed by atoms with Gasteiger partial charge in [0.15, 0.2) is 0 Å². The monoisotopic (exact) mass is 224 g/mol. The SMILES string of the molecule is COC(=O)c1cc(OC(C)C)cc(O)c1C. The zero-order valence-corrected chi connectivity index (χ0v) is 9.90. The van der Waals surface area contributed by atoms with Crippen LogP contribution in [0.2, 0.25) is 0 Å². The number of hydrogen-bond donors (Lipinski definition) is 1. The van der Waals surface area contributed by atoms with Gasteiger partial charge in [-0.2, -0.15) is 0 Å². The molecule has 16 heavy (non-hydrogen) atoms. The molecule has 0 radical (unpaired) electrons. The van der Waals surface area contributed by atoms with Crippen molar-refractivity contribution in [3.63, 3.8) is 0 Å². The summed E-state index contributed by atoms with van der Waals surface area (Å²) in [5.41, 5.74) is 0.807. The fourth-order valence-corrected chi connectivity index (χ4v) is 1.34. The van der Waals surface area contributed by atoms with Crippen LogP contribution in [-0.4, -0.2) is 24.3 Å². The standard InChI is InChI=1S/C12H16O4/c1-7(2)16-9-5-10(12(14)15-4)8(3)11(13)6-9/h5-7,13H,1-4H3. The van der Waals surface area contributed by atoms with Gasteiger partial charge < -0.3 is 14.6 Å². The lowest BCUT2D eigenvalue weighted by atomic mass is 10.1. The quantitative estimate of drug-likeness (QED) is 0.800. The molecule has 0 heterocycles. The summed E-state index contributed by atoms with van der Waals surface area (Å²) in [5, 5.41) is 9.65. The summed E-state index contributed by atoms with van der Waals surface area (Å²) in [4.78, 5) is 11.4. The van der Waals surface area contributed by atoms with Gasteiger partial charge in [0.05, 0.1) is 18.8 Å². The molecule has 0 spiro atoms. The molecule has 0 aliphatic rings. The average molecular weight is 224 g/mol. The third-order valence-corrected chi connectivity index (χ3v) is 2.13. The predicted molar refractivity (Wildman–Crippen MR) is 59.9 cm³/mol. The fraction of sp³-hybridized carbons (Fsp3) is 0.417. The van der Waals surface area contributed by atoms with Gasteiger partial charge in [-0.25, -0.2) is 4.79 Å². The van der Waals surface area contributed by atoms with Crippen molar-refractivity contribution in [2.75, 3.05) is 7.11 Å². The minimum absolute atomic E-state index is 0.0207. The molecule has 0 saturated carbocycles. The first kappa shape index (κ1) is 12.4. The maximum atomic E-state index is 11.4. The van der Waals surface area contributed by atoms with E-state index >= 15 is 0 Å². The highest BCUT2D eigenvalue weighted by atomic mass is 16.5. The first-order valence-electron chi connectivity index (χ1n) is 5.04. The van der Waals surface area contributed by atoms with Gasteiger partial charge in [-0.05, 0) is 26.8 Å². The maximum absolute atomic E-state index is 11.4. The van der Waals surface area contributed by atoms with E-state index in [-0.39, 0.29) is 11.9 Å². The summed E-state index contributed by atoms with van der Waals surface area (Å²) in [6, 6.07) is 3.06. The van der Waals surface area contributed by atoms with Crippen molar-refractivity contribution in [1.29, 1.82) is 0 Å². The van der Waals surface area contributed by atoms with Gasteiger partial charge in [-0.15, -0.1) is 0 Å². The highest BCUT2D eigenvalue weighted by molar-refractivity contribution is 5.92. The molecule has 0 fully saturated rings. The van der Waals surface area contributed by atoms with E-state index in [1.165, 1.54) is 13.2 Å². The normalized spacial score (nSPS) is 10.3. The summed E-state index contributed by atoms with van der Waals surface area (Å²) >= 11 is 0. The number of carbonyl (C=O) groups is 1. The number of phenolic OH excluding ortho intramolecular Hbond substituents is 1. The third-order valence-electron chi connectivity index (χ3n) is 2.13. The first-order chi connectivity index (χ1) is 7.45. The van der Waals surface area contributed by atoms with Crippen molar-refractivity contribution >= 4 is 5.97 Å². The van der Waals surface area contributed by atoms with Crippen LogP contribution < -0.4 is 4.74 Å². The molecular formula is C12H16O4. The van der Waals surface area contributed by atoms with Crippen LogP contribution in [0.5, 0.6) is 11.5 Å². The lowest BCUT2D eigenvalue weighted by molar-refractivity contribution is 0.0598. The van der Waals surface area contributed by atoms with E-state index in [2.05, 4.69) is 4.74 Å². The Labute approximate surface area is 94.8 Å². The van der Waals surface area contributed by atoms with E-state index in [9.17, 15) is 9.90 Å². The Balaban J connectivity index is 3.16. The second-order valence-electron chi connectivity index (χ2n) is 3.77. The van der Waals surface area contributed by atoms with Crippen LogP contribution in [-0.2, 0) is 4.74 Å². The Morgan fingerprint density at radius 1 is 1.38 bits per heavy atom. The van der Waals surface area contributed by atoms with E-state index in [1.807, 2.05) is 13.8 Å². The van der Waals surface area contributed by atoms with Gasteiger partial charge in [0.25, 0.3) is 0 Å². The van der Waals surface area contributed by atoms with Gasteiger partial charge in [0, 0.05) is 11.6 Å². The molecule has 0 aliphatic heterocycles. The highest BCUT2D eigenvalue weighted by Gasteiger charge is 2.15. The maximum Gasteiger partial charge on any atom is 0.338 e. The van der Waals surface area contributed by atoms with Crippen molar-refractivity contribution in [2.45, 2.75) is 26.9 Å². The number of esters is 1. The number of carbonyl (C=O) groups excluding carboxylic acids is 1. The van der Waals surface area contributed by atoms with Crippen LogP contribution in [0, 0.1) is 6.92 Å². The molecule has 0 saturated heterocycles. The summed E-state index contributed by atoms with van der Waals surface area (Å²) in [5.74, 6) is -0.000874. The number of ether oxygens (including phenoxy) is 2. The average Bonchev–Trinajstić information content (AvgIpc) is 2.21. The minimum atomic E-state index is -0.484. The molecule has 1 N–H and O–H groups in total. The molecule has 4 nitrogen and oxygen atoms in total. The van der Waals surface area contributed by atoms with Crippen molar-refractivity contribution in [3.8, 4) is 11.5 Å².